The minimum atomic E-state index is -3.57. The van der Waals surface area contributed by atoms with E-state index in [1.807, 2.05) is 0 Å². The topological polar surface area (TPSA) is 72.6 Å². The number of nitrogens with two attached hydrogens (primary N) is 1. The highest BCUT2D eigenvalue weighted by molar-refractivity contribution is 7.89. The molecule has 0 aliphatic heterocycles. The molecule has 20 heavy (non-hydrogen) atoms. The molecule has 1 aromatic rings. The van der Waals surface area contributed by atoms with Crippen LogP contribution in [0.2, 0.25) is 0 Å². The molecule has 0 bridgehead atoms. The zero-order valence-electron chi connectivity index (χ0n) is 11.6. The van der Waals surface area contributed by atoms with Crippen molar-refractivity contribution in [2.24, 2.45) is 5.73 Å². The fraction of sp³-hybridized carbons (Fsp3) is 0.429. The van der Waals surface area contributed by atoms with E-state index in [0.717, 1.165) is 18.4 Å². The van der Waals surface area contributed by atoms with Crippen LogP contribution in [0.1, 0.15) is 18.4 Å². The summed E-state index contributed by atoms with van der Waals surface area (Å²) in [6.45, 7) is 4.29. The van der Waals surface area contributed by atoms with Crippen LogP contribution >= 0.6 is 0 Å². The van der Waals surface area contributed by atoms with Gasteiger partial charge in [-0.1, -0.05) is 12.1 Å². The average molecular weight is 296 g/mol. The van der Waals surface area contributed by atoms with Crippen LogP contribution < -0.4 is 10.5 Å². The first-order chi connectivity index (χ1) is 9.54. The molecule has 1 fully saturated rings. The number of ether oxygens (including phenoxy) is 1. The number of rotatable bonds is 7. The molecule has 0 atom stereocenters. The van der Waals surface area contributed by atoms with Crippen molar-refractivity contribution in [3.8, 4) is 5.75 Å². The number of sulfonamides is 1. The van der Waals surface area contributed by atoms with Crippen molar-refractivity contribution < 1.29 is 13.2 Å². The fourth-order valence-corrected chi connectivity index (χ4v) is 3.91. The summed E-state index contributed by atoms with van der Waals surface area (Å²) in [4.78, 5) is 0.186. The Hall–Kier alpha value is -1.37. The van der Waals surface area contributed by atoms with Crippen LogP contribution in [0.5, 0.6) is 5.75 Å². The Morgan fingerprint density at radius 2 is 2.20 bits per heavy atom. The van der Waals surface area contributed by atoms with Crippen molar-refractivity contribution in [1.82, 2.24) is 4.31 Å². The van der Waals surface area contributed by atoms with Gasteiger partial charge < -0.3 is 10.5 Å². The third-order valence-corrected chi connectivity index (χ3v) is 5.27. The molecular weight excluding hydrogens is 276 g/mol. The van der Waals surface area contributed by atoms with Gasteiger partial charge in [0.15, 0.2) is 0 Å². The normalized spacial score (nSPS) is 15.3. The smallest absolute Gasteiger partial charge is 0.247 e. The third kappa shape index (κ3) is 2.87. The van der Waals surface area contributed by atoms with Crippen LogP contribution in [0.15, 0.2) is 35.7 Å². The van der Waals surface area contributed by atoms with Gasteiger partial charge in [-0.3, -0.25) is 0 Å². The van der Waals surface area contributed by atoms with Crippen molar-refractivity contribution >= 4 is 10.0 Å². The molecule has 1 saturated carbocycles. The lowest BCUT2D eigenvalue weighted by molar-refractivity contribution is 0.393. The Morgan fingerprint density at radius 3 is 2.70 bits per heavy atom. The summed E-state index contributed by atoms with van der Waals surface area (Å²) in [5.41, 5.74) is 6.41. The maximum atomic E-state index is 12.7. The number of hydrogen-bond acceptors (Lipinski definition) is 4. The summed E-state index contributed by atoms with van der Waals surface area (Å²) in [7, 11) is -2.11. The van der Waals surface area contributed by atoms with Gasteiger partial charge in [0.25, 0.3) is 0 Å². The van der Waals surface area contributed by atoms with Crippen LogP contribution in [-0.2, 0) is 16.6 Å². The predicted octanol–water partition coefficient (Wildman–Crippen LogP) is 1.49. The Balaban J connectivity index is 2.44. The molecule has 6 heteroatoms. The summed E-state index contributed by atoms with van der Waals surface area (Å²) in [6, 6.07) is 5.03. The third-order valence-electron chi connectivity index (χ3n) is 3.31. The lowest BCUT2D eigenvalue weighted by Gasteiger charge is -2.21. The lowest BCUT2D eigenvalue weighted by Crippen LogP contribution is -2.33. The maximum absolute atomic E-state index is 12.7. The van der Waals surface area contributed by atoms with E-state index < -0.39 is 10.0 Å². The van der Waals surface area contributed by atoms with Crippen molar-refractivity contribution in [2.45, 2.75) is 30.3 Å². The molecular formula is C14H20N2O3S. The summed E-state index contributed by atoms with van der Waals surface area (Å²) >= 11 is 0. The van der Waals surface area contributed by atoms with Gasteiger partial charge >= 0.3 is 0 Å². The van der Waals surface area contributed by atoms with Gasteiger partial charge in [0.2, 0.25) is 10.0 Å². The molecule has 0 radical (unpaired) electrons. The second-order valence-electron chi connectivity index (χ2n) is 4.78. The highest BCUT2D eigenvalue weighted by Crippen LogP contribution is 2.35. The van der Waals surface area contributed by atoms with Crippen molar-refractivity contribution in [1.29, 1.82) is 0 Å². The molecule has 2 N–H and O–H groups in total. The van der Waals surface area contributed by atoms with Crippen molar-refractivity contribution in [3.05, 3.63) is 36.4 Å². The summed E-state index contributed by atoms with van der Waals surface area (Å²) in [5, 5.41) is 0. The molecule has 110 valence electrons. The van der Waals surface area contributed by atoms with Gasteiger partial charge in [0.1, 0.15) is 10.6 Å². The van der Waals surface area contributed by atoms with Gasteiger partial charge in [-0.25, -0.2) is 8.42 Å². The molecule has 2 rings (SSSR count). The SMILES string of the molecule is C=CCN(C1CC1)S(=O)(=O)c1ccc(CN)cc1OC. The van der Waals surface area contributed by atoms with E-state index in [4.69, 9.17) is 10.5 Å². The van der Waals surface area contributed by atoms with E-state index in [-0.39, 0.29) is 10.9 Å². The van der Waals surface area contributed by atoms with Crippen molar-refractivity contribution in [3.63, 3.8) is 0 Å². The zero-order chi connectivity index (χ0) is 14.8. The van der Waals surface area contributed by atoms with E-state index in [9.17, 15) is 8.42 Å². The van der Waals surface area contributed by atoms with Gasteiger partial charge in [0.05, 0.1) is 7.11 Å². The molecule has 0 unspecified atom stereocenters. The van der Waals surface area contributed by atoms with Crippen LogP contribution in [0, 0.1) is 0 Å². The zero-order valence-corrected chi connectivity index (χ0v) is 12.4. The molecule has 5 nitrogen and oxygen atoms in total. The average Bonchev–Trinajstić information content (AvgIpc) is 3.28. The first-order valence-electron chi connectivity index (χ1n) is 6.54. The lowest BCUT2D eigenvalue weighted by atomic mass is 10.2. The molecule has 0 spiro atoms. The molecule has 1 aromatic carbocycles. The Bertz CT molecular complexity index is 594. The molecule has 0 amide bonds. The highest BCUT2D eigenvalue weighted by Gasteiger charge is 2.38. The van der Waals surface area contributed by atoms with E-state index in [2.05, 4.69) is 6.58 Å². The number of hydrogen-bond donors (Lipinski definition) is 1. The Labute approximate surface area is 120 Å². The van der Waals surface area contributed by atoms with Crippen LogP contribution in [0.4, 0.5) is 0 Å². The Morgan fingerprint density at radius 1 is 1.50 bits per heavy atom. The molecule has 0 saturated heterocycles. The summed E-state index contributed by atoms with van der Waals surface area (Å²) in [5.74, 6) is 0.336. The van der Waals surface area contributed by atoms with Gasteiger partial charge in [-0.2, -0.15) is 4.31 Å². The van der Waals surface area contributed by atoms with Crippen LogP contribution in [0.3, 0.4) is 0 Å². The van der Waals surface area contributed by atoms with Crippen LogP contribution in [0.25, 0.3) is 0 Å². The first kappa shape index (κ1) is 15.0. The van der Waals surface area contributed by atoms with Gasteiger partial charge in [0, 0.05) is 19.1 Å². The Kier molecular flexibility index (Phi) is 4.47. The van der Waals surface area contributed by atoms with E-state index in [1.165, 1.54) is 11.4 Å². The highest BCUT2D eigenvalue weighted by atomic mass is 32.2. The molecule has 0 aromatic heterocycles. The monoisotopic (exact) mass is 296 g/mol. The number of benzene rings is 1. The quantitative estimate of drug-likeness (QED) is 0.774. The number of methoxy groups -OCH3 is 1. The van der Waals surface area contributed by atoms with E-state index in [1.54, 1.807) is 24.3 Å². The van der Waals surface area contributed by atoms with E-state index in [0.29, 0.717) is 18.8 Å². The minimum Gasteiger partial charge on any atom is -0.495 e. The predicted molar refractivity (Wildman–Crippen MR) is 78.0 cm³/mol. The minimum absolute atomic E-state index is 0.0805. The van der Waals surface area contributed by atoms with Crippen molar-refractivity contribution in [2.75, 3.05) is 13.7 Å². The van der Waals surface area contributed by atoms with Gasteiger partial charge in [-0.15, -0.1) is 6.58 Å². The molecule has 1 aliphatic carbocycles. The maximum Gasteiger partial charge on any atom is 0.247 e. The van der Waals surface area contributed by atoms with Gasteiger partial charge in [-0.05, 0) is 30.5 Å². The largest absolute Gasteiger partial charge is 0.495 e. The molecule has 0 heterocycles. The molecule has 1 aliphatic rings. The second kappa shape index (κ2) is 5.95. The fourth-order valence-electron chi connectivity index (χ4n) is 2.11. The van der Waals surface area contributed by atoms with E-state index >= 15 is 0 Å². The number of nitrogens with zero attached hydrogens (tertiary/aromatic N) is 1. The first-order valence-corrected chi connectivity index (χ1v) is 7.98. The van der Waals surface area contributed by atoms with Crippen LogP contribution in [-0.4, -0.2) is 32.4 Å². The summed E-state index contributed by atoms with van der Waals surface area (Å²) in [6.07, 6.45) is 3.41. The second-order valence-corrected chi connectivity index (χ2v) is 6.64. The summed E-state index contributed by atoms with van der Waals surface area (Å²) < 4.78 is 32.2. The standard InChI is InChI=1S/C14H20N2O3S/c1-3-8-16(12-5-6-12)20(17,18)14-7-4-11(10-15)9-13(14)19-2/h3-4,7,9,12H,1,5-6,8,10,15H2,2H3.